The van der Waals surface area contributed by atoms with Gasteiger partial charge in [-0.3, -0.25) is 13.9 Å². The van der Waals surface area contributed by atoms with Gasteiger partial charge in [-0.25, -0.2) is 23.1 Å². The number of anilines is 2. The molecule has 0 saturated heterocycles. The van der Waals surface area contributed by atoms with Gasteiger partial charge >= 0.3 is 6.18 Å². The van der Waals surface area contributed by atoms with Crippen LogP contribution in [0, 0.1) is 12.7 Å². The average Bonchev–Trinajstić information content (AvgIpc) is 3.42. The van der Waals surface area contributed by atoms with Gasteiger partial charge in [-0.2, -0.15) is 18.3 Å². The molecule has 4 N–H and O–H groups in total. The largest absolute Gasteiger partial charge is 0.435 e. The van der Waals surface area contributed by atoms with Crippen LogP contribution in [0.1, 0.15) is 28.5 Å². The summed E-state index contributed by atoms with van der Waals surface area (Å²) in [5.41, 5.74) is 4.06. The lowest BCUT2D eigenvalue weighted by Gasteiger charge is -2.15. The van der Waals surface area contributed by atoms with E-state index in [1.54, 1.807) is 6.92 Å². The van der Waals surface area contributed by atoms with E-state index in [1.807, 2.05) is 0 Å². The Balaban J connectivity index is 1.70. The maximum Gasteiger partial charge on any atom is 0.435 e. The van der Waals surface area contributed by atoms with Crippen LogP contribution in [0.25, 0.3) is 16.9 Å². The maximum absolute atomic E-state index is 14.9. The molecule has 9 nitrogen and oxygen atoms in total. The Labute approximate surface area is 211 Å². The highest BCUT2D eigenvalue weighted by Gasteiger charge is 2.38. The van der Waals surface area contributed by atoms with Crippen molar-refractivity contribution in [2.45, 2.75) is 39.0 Å². The first-order valence-corrected chi connectivity index (χ1v) is 11.2. The third-order valence-electron chi connectivity index (χ3n) is 5.57. The number of nitrogens with two attached hydrogens (primary N) is 1. The van der Waals surface area contributed by atoms with Crippen LogP contribution in [-0.2, 0) is 12.7 Å². The number of halogens is 6. The highest BCUT2D eigenvalue weighted by atomic mass is 19.4. The summed E-state index contributed by atoms with van der Waals surface area (Å²) in [6.07, 6.45) is -3.20. The molecule has 4 aromatic rings. The summed E-state index contributed by atoms with van der Waals surface area (Å²) in [5.74, 6) is -1.37. The molecular weight excluding hydrogens is 518 g/mol. The van der Waals surface area contributed by atoms with Gasteiger partial charge in [0, 0.05) is 36.9 Å². The number of carbonyl (C=O) groups excluding carboxylic acids is 1. The summed E-state index contributed by atoms with van der Waals surface area (Å²) >= 11 is 0. The molecule has 0 spiro atoms. The molecule has 1 aromatic carbocycles. The molecule has 38 heavy (non-hydrogen) atoms. The number of fused-ring (bicyclic) bond motifs is 1. The molecule has 0 fully saturated rings. The lowest BCUT2D eigenvalue weighted by atomic mass is 10.1. The van der Waals surface area contributed by atoms with E-state index in [9.17, 15) is 31.1 Å². The Kier molecular flexibility index (Phi) is 7.31. The molecule has 0 aliphatic rings. The van der Waals surface area contributed by atoms with Crippen LogP contribution in [0.5, 0.6) is 0 Å². The van der Waals surface area contributed by atoms with E-state index in [4.69, 9.17) is 5.73 Å². The monoisotopic (exact) mass is 540 g/mol. The zero-order valence-electron chi connectivity index (χ0n) is 20.0. The van der Waals surface area contributed by atoms with Gasteiger partial charge in [0.05, 0.1) is 23.0 Å². The first-order valence-electron chi connectivity index (χ1n) is 11.2. The fourth-order valence-electron chi connectivity index (χ4n) is 3.86. The number of carbonyl (C=O) groups is 1. The number of nitrogens with one attached hydrogen (secondary N) is 2. The molecule has 0 aliphatic heterocycles. The van der Waals surface area contributed by atoms with Crippen molar-refractivity contribution in [1.29, 1.82) is 0 Å². The van der Waals surface area contributed by atoms with Crippen LogP contribution >= 0.6 is 0 Å². The van der Waals surface area contributed by atoms with E-state index in [0.29, 0.717) is 10.2 Å². The second kappa shape index (κ2) is 10.3. The fourth-order valence-corrected chi connectivity index (χ4v) is 3.86. The third kappa shape index (κ3) is 5.41. The number of amides is 1. The minimum Gasteiger partial charge on any atom is -0.348 e. The van der Waals surface area contributed by atoms with Crippen molar-refractivity contribution in [2.75, 3.05) is 11.9 Å². The van der Waals surface area contributed by atoms with Gasteiger partial charge < -0.3 is 16.4 Å². The quantitative estimate of drug-likeness (QED) is 0.290. The molecule has 0 unspecified atom stereocenters. The van der Waals surface area contributed by atoms with Gasteiger partial charge in [0.15, 0.2) is 17.2 Å². The highest BCUT2D eigenvalue weighted by molar-refractivity contribution is 5.96. The maximum atomic E-state index is 14.9. The molecule has 1 amide bonds. The van der Waals surface area contributed by atoms with Crippen molar-refractivity contribution < 1.29 is 31.1 Å². The van der Waals surface area contributed by atoms with E-state index < -0.39 is 42.1 Å². The lowest BCUT2D eigenvalue weighted by molar-refractivity contribution is -0.141. The summed E-state index contributed by atoms with van der Waals surface area (Å²) < 4.78 is 83.1. The van der Waals surface area contributed by atoms with Gasteiger partial charge in [-0.05, 0) is 31.5 Å². The van der Waals surface area contributed by atoms with E-state index in [1.165, 1.54) is 29.8 Å². The number of rotatable bonds is 8. The molecule has 0 aliphatic carbocycles. The Bertz CT molecular complexity index is 1460. The Morgan fingerprint density at radius 2 is 1.95 bits per heavy atom. The number of alkyl halides is 5. The third-order valence-corrected chi connectivity index (χ3v) is 5.57. The minimum absolute atomic E-state index is 0.0679. The molecular formula is C23H22F6N8O. The second-order valence-corrected chi connectivity index (χ2v) is 8.50. The van der Waals surface area contributed by atoms with Gasteiger partial charge in [0.1, 0.15) is 12.4 Å². The minimum atomic E-state index is -4.91. The molecule has 15 heteroatoms. The van der Waals surface area contributed by atoms with Crippen molar-refractivity contribution in [3.05, 3.63) is 59.6 Å². The topological polar surface area (TPSA) is 115 Å². The first-order chi connectivity index (χ1) is 17.9. The number of imidazole rings is 1. The number of hydrogen-bond donors (Lipinski definition) is 3. The predicted octanol–water partition coefficient (Wildman–Crippen LogP) is 4.14. The Hall–Kier alpha value is -4.14. The number of nitrogens with zero attached hydrogens (tertiary/aromatic N) is 5. The van der Waals surface area contributed by atoms with Crippen molar-refractivity contribution >= 4 is 23.1 Å². The smallest absolute Gasteiger partial charge is 0.348 e. The molecule has 0 saturated carbocycles. The van der Waals surface area contributed by atoms with Crippen molar-refractivity contribution in [3.63, 3.8) is 0 Å². The van der Waals surface area contributed by atoms with E-state index in [2.05, 4.69) is 25.7 Å². The Morgan fingerprint density at radius 3 is 2.58 bits per heavy atom. The summed E-state index contributed by atoms with van der Waals surface area (Å²) in [6.45, 7) is 2.37. The van der Waals surface area contributed by atoms with E-state index in [0.717, 1.165) is 18.5 Å². The molecule has 1 atom stereocenters. The predicted molar refractivity (Wildman–Crippen MR) is 126 cm³/mol. The van der Waals surface area contributed by atoms with Crippen LogP contribution in [0.15, 0.2) is 36.9 Å². The van der Waals surface area contributed by atoms with Gasteiger partial charge in [0.25, 0.3) is 12.3 Å². The van der Waals surface area contributed by atoms with E-state index in [-0.39, 0.29) is 41.0 Å². The van der Waals surface area contributed by atoms with Gasteiger partial charge in [-0.15, -0.1) is 0 Å². The standard InChI is InChI=1S/C23H22F6N8O/c1-11-5-13(6-15(24)18(11)22(38)33-12(2)7-30)34-20-21-32-8-16(37(21)4-3-31-20)14-9-36(10-17(25)26)35-19(14)23(27,28)29/h3-6,8-9,12,17H,7,10,30H2,1-2H3,(H,31,34)(H,33,38)/t12-/m1/s1. The Morgan fingerprint density at radius 1 is 1.21 bits per heavy atom. The number of benzene rings is 1. The lowest BCUT2D eigenvalue weighted by Crippen LogP contribution is -2.38. The van der Waals surface area contributed by atoms with E-state index >= 15 is 0 Å². The number of aromatic nitrogens is 5. The van der Waals surface area contributed by atoms with Crippen LogP contribution in [0.4, 0.5) is 37.8 Å². The van der Waals surface area contributed by atoms with Crippen LogP contribution in [0.3, 0.4) is 0 Å². The highest BCUT2D eigenvalue weighted by Crippen LogP contribution is 2.37. The van der Waals surface area contributed by atoms with Crippen LogP contribution in [0.2, 0.25) is 0 Å². The molecule has 4 rings (SSSR count). The zero-order valence-corrected chi connectivity index (χ0v) is 20.0. The molecule has 3 aromatic heterocycles. The summed E-state index contributed by atoms with van der Waals surface area (Å²) in [7, 11) is 0. The molecule has 202 valence electrons. The molecule has 0 bridgehead atoms. The van der Waals surface area contributed by atoms with Crippen molar-refractivity contribution in [2.24, 2.45) is 5.73 Å². The average molecular weight is 540 g/mol. The normalized spacial score (nSPS) is 12.8. The van der Waals surface area contributed by atoms with Gasteiger partial charge in [0.2, 0.25) is 0 Å². The summed E-state index contributed by atoms with van der Waals surface area (Å²) in [4.78, 5) is 20.7. The molecule has 3 heterocycles. The van der Waals surface area contributed by atoms with Crippen molar-refractivity contribution in [1.82, 2.24) is 29.5 Å². The second-order valence-electron chi connectivity index (χ2n) is 8.50. The molecule has 0 radical (unpaired) electrons. The first kappa shape index (κ1) is 26.9. The zero-order chi connectivity index (χ0) is 27.8. The summed E-state index contributed by atoms with van der Waals surface area (Å²) in [5, 5.41) is 8.74. The SMILES string of the molecule is Cc1cc(Nc2nccn3c(-c4cn(CC(F)F)nc4C(F)(F)F)cnc23)cc(F)c1C(=O)N[C@H](C)CN. The van der Waals surface area contributed by atoms with Crippen LogP contribution in [-0.4, -0.2) is 49.1 Å². The summed E-state index contributed by atoms with van der Waals surface area (Å²) in [6, 6.07) is 2.20. The fraction of sp³-hybridized carbons (Fsp3) is 0.304. The number of aryl methyl sites for hydroxylation is 1. The van der Waals surface area contributed by atoms with Gasteiger partial charge in [-0.1, -0.05) is 0 Å². The van der Waals surface area contributed by atoms with Crippen LogP contribution < -0.4 is 16.4 Å². The number of hydrogen-bond acceptors (Lipinski definition) is 6. The van der Waals surface area contributed by atoms with Crippen molar-refractivity contribution in [3.8, 4) is 11.3 Å².